The summed E-state index contributed by atoms with van der Waals surface area (Å²) in [7, 11) is 1.62. The zero-order chi connectivity index (χ0) is 25.9. The first-order chi connectivity index (χ1) is 18.0. The number of aromatic nitrogens is 5. The number of benzene rings is 1. The van der Waals surface area contributed by atoms with Crippen LogP contribution in [0.25, 0.3) is 22.4 Å². The van der Waals surface area contributed by atoms with Crippen molar-refractivity contribution < 1.29 is 9.84 Å². The maximum Gasteiger partial charge on any atom is 0.234 e. The summed E-state index contributed by atoms with van der Waals surface area (Å²) in [5, 5.41) is 21.6. The lowest BCUT2D eigenvalue weighted by Gasteiger charge is -2.27. The number of hydrogen-bond donors (Lipinski definition) is 1. The quantitative estimate of drug-likeness (QED) is 0.344. The number of imidazole rings is 1. The second-order valence-corrected chi connectivity index (χ2v) is 10.2. The molecule has 0 amide bonds. The van der Waals surface area contributed by atoms with E-state index in [1.54, 1.807) is 25.6 Å². The van der Waals surface area contributed by atoms with Gasteiger partial charge in [0.05, 0.1) is 12.1 Å². The van der Waals surface area contributed by atoms with Crippen molar-refractivity contribution in [2.45, 2.75) is 51.7 Å². The molecule has 1 atom stereocenters. The van der Waals surface area contributed by atoms with Crippen LogP contribution in [0.1, 0.15) is 55.9 Å². The molecule has 1 aromatic carbocycles. The largest absolute Gasteiger partial charge is 0.496 e. The number of methoxy groups -OCH3 is 1. The molecule has 9 heteroatoms. The van der Waals surface area contributed by atoms with E-state index in [4.69, 9.17) is 21.3 Å². The van der Waals surface area contributed by atoms with Crippen molar-refractivity contribution in [3.63, 3.8) is 0 Å². The zero-order valence-electron chi connectivity index (χ0n) is 20.9. The van der Waals surface area contributed by atoms with Crippen LogP contribution in [-0.2, 0) is 13.0 Å². The molecule has 8 nitrogen and oxygen atoms in total. The van der Waals surface area contributed by atoms with Gasteiger partial charge in [0.25, 0.3) is 0 Å². The number of rotatable bonds is 7. The average molecular weight is 517 g/mol. The third-order valence-corrected chi connectivity index (χ3v) is 7.40. The summed E-state index contributed by atoms with van der Waals surface area (Å²) in [6.07, 6.45) is 7.19. The lowest BCUT2D eigenvalue weighted by Crippen LogP contribution is -2.21. The molecule has 3 heterocycles. The van der Waals surface area contributed by atoms with Crippen molar-refractivity contribution in [3.8, 4) is 23.1 Å². The zero-order valence-corrected chi connectivity index (χ0v) is 21.7. The Morgan fingerprint density at radius 3 is 2.68 bits per heavy atom. The van der Waals surface area contributed by atoms with Crippen molar-refractivity contribution in [3.05, 3.63) is 65.0 Å². The Kier molecular flexibility index (Phi) is 7.36. The van der Waals surface area contributed by atoms with E-state index in [-0.39, 0.29) is 5.82 Å². The molecule has 1 aliphatic carbocycles. The molecule has 0 spiro atoms. The highest BCUT2D eigenvalue weighted by Gasteiger charge is 2.27. The van der Waals surface area contributed by atoms with Gasteiger partial charge in [0, 0.05) is 30.9 Å². The number of aliphatic hydroxyl groups excluding tert-OH is 1. The number of hydrogen-bond acceptors (Lipinski definition) is 7. The summed E-state index contributed by atoms with van der Waals surface area (Å²) in [6.45, 7) is 2.98. The van der Waals surface area contributed by atoms with Crippen LogP contribution in [0, 0.1) is 23.2 Å². The van der Waals surface area contributed by atoms with Crippen LogP contribution < -0.4 is 4.74 Å². The molecule has 5 rings (SSSR count). The lowest BCUT2D eigenvalue weighted by molar-refractivity contribution is 0.159. The first-order valence-corrected chi connectivity index (χ1v) is 12.9. The third-order valence-electron chi connectivity index (χ3n) is 7.19. The molecule has 1 aliphatic rings. The second-order valence-electron chi connectivity index (χ2n) is 9.81. The summed E-state index contributed by atoms with van der Waals surface area (Å²) in [4.78, 5) is 18.0. The monoisotopic (exact) mass is 516 g/mol. The van der Waals surface area contributed by atoms with Gasteiger partial charge >= 0.3 is 0 Å². The minimum atomic E-state index is -0.913. The summed E-state index contributed by atoms with van der Waals surface area (Å²) in [5.74, 6) is 2.38. The topological polar surface area (TPSA) is 110 Å². The fourth-order valence-corrected chi connectivity index (χ4v) is 5.40. The van der Waals surface area contributed by atoms with Gasteiger partial charge in [-0.15, -0.1) is 0 Å². The van der Waals surface area contributed by atoms with Crippen LogP contribution in [0.4, 0.5) is 0 Å². The van der Waals surface area contributed by atoms with Gasteiger partial charge in [-0.25, -0.2) is 9.97 Å². The van der Waals surface area contributed by atoms with Gasteiger partial charge in [0.2, 0.25) is 5.82 Å². The molecule has 1 N–H and O–H groups in total. The van der Waals surface area contributed by atoms with Crippen LogP contribution >= 0.6 is 11.6 Å². The van der Waals surface area contributed by atoms with Crippen molar-refractivity contribution in [2.75, 3.05) is 7.11 Å². The van der Waals surface area contributed by atoms with Crippen LogP contribution in [0.3, 0.4) is 0 Å². The van der Waals surface area contributed by atoms with Gasteiger partial charge in [0.1, 0.15) is 35.0 Å². The molecule has 1 unspecified atom stereocenters. The van der Waals surface area contributed by atoms with Gasteiger partial charge in [0.15, 0.2) is 5.65 Å². The van der Waals surface area contributed by atoms with Crippen molar-refractivity contribution in [1.82, 2.24) is 24.5 Å². The van der Waals surface area contributed by atoms with Crippen LogP contribution in [0.15, 0.2) is 42.7 Å². The summed E-state index contributed by atoms with van der Waals surface area (Å²) in [5.41, 5.74) is 3.13. The molecular weight excluding hydrogens is 488 g/mol. The van der Waals surface area contributed by atoms with E-state index >= 15 is 0 Å². The van der Waals surface area contributed by atoms with Gasteiger partial charge in [-0.3, -0.25) is 4.98 Å². The highest BCUT2D eigenvalue weighted by atomic mass is 35.5. The van der Waals surface area contributed by atoms with Crippen molar-refractivity contribution >= 4 is 22.8 Å². The van der Waals surface area contributed by atoms with E-state index in [0.29, 0.717) is 57.9 Å². The van der Waals surface area contributed by atoms with E-state index in [1.165, 1.54) is 12.8 Å². The molecule has 1 fully saturated rings. The van der Waals surface area contributed by atoms with Crippen molar-refractivity contribution in [1.29, 1.82) is 5.26 Å². The molecule has 0 radical (unpaired) electrons. The fourth-order valence-electron chi connectivity index (χ4n) is 5.23. The Morgan fingerprint density at radius 2 is 1.95 bits per heavy atom. The first kappa shape index (κ1) is 25.1. The molecule has 0 saturated heterocycles. The highest BCUT2D eigenvalue weighted by molar-refractivity contribution is 6.30. The standard InChI is InChI=1S/C28H29ClN6O2/c1-17-7-9-18(10-8-17)16-35-26-25(20-11-21(29)15-31-14-20)32-24(13-30)33-27(26)34-28(35)22(36)12-19-5-3-4-6-23(19)37-2/h3-6,11,14-15,17-18,22,36H,7-10,12,16H2,1-2H3/t17-,18-,22?. The molecule has 1 saturated carbocycles. The number of ether oxygens (including phenoxy) is 1. The molecule has 0 aliphatic heterocycles. The Hall–Kier alpha value is -3.54. The third kappa shape index (κ3) is 5.29. The van der Waals surface area contributed by atoms with Gasteiger partial charge < -0.3 is 14.4 Å². The van der Waals surface area contributed by atoms with Crippen LogP contribution in [0.5, 0.6) is 5.75 Å². The minimum Gasteiger partial charge on any atom is -0.496 e. The summed E-state index contributed by atoms with van der Waals surface area (Å²) >= 11 is 6.26. The van der Waals surface area contributed by atoms with E-state index in [1.807, 2.05) is 34.9 Å². The number of para-hydroxylation sites is 1. The smallest absolute Gasteiger partial charge is 0.234 e. The Morgan fingerprint density at radius 1 is 1.16 bits per heavy atom. The molecule has 190 valence electrons. The van der Waals surface area contributed by atoms with Crippen LogP contribution in [0.2, 0.25) is 5.02 Å². The number of nitrogens with zero attached hydrogens (tertiary/aromatic N) is 6. The molecule has 0 bridgehead atoms. The minimum absolute atomic E-state index is 0.00406. The van der Waals surface area contributed by atoms with Gasteiger partial charge in [-0.05, 0) is 42.4 Å². The SMILES string of the molecule is COc1ccccc1CC(O)c1nc2nc(C#N)nc(-c3cncc(Cl)c3)c2n1C[C@H]1CC[C@H](C)CC1. The number of fused-ring (bicyclic) bond motifs is 1. The number of nitriles is 1. The predicted octanol–water partition coefficient (Wildman–Crippen LogP) is 5.52. The highest BCUT2D eigenvalue weighted by Crippen LogP contribution is 2.35. The average Bonchev–Trinajstić information content (AvgIpc) is 3.28. The molecular formula is C28H29ClN6O2. The Balaban J connectivity index is 1.66. The van der Waals surface area contributed by atoms with Gasteiger partial charge in [-0.2, -0.15) is 10.2 Å². The number of pyridine rings is 1. The van der Waals surface area contributed by atoms with E-state index in [0.717, 1.165) is 24.3 Å². The Labute approximate surface area is 221 Å². The first-order valence-electron chi connectivity index (χ1n) is 12.6. The normalized spacial score (nSPS) is 18.5. The maximum absolute atomic E-state index is 11.5. The van der Waals surface area contributed by atoms with Gasteiger partial charge in [-0.1, -0.05) is 49.6 Å². The van der Waals surface area contributed by atoms with E-state index < -0.39 is 6.10 Å². The van der Waals surface area contributed by atoms with Crippen molar-refractivity contribution in [2.24, 2.45) is 11.8 Å². The fraction of sp³-hybridized carbons (Fsp3) is 0.393. The number of aliphatic hydroxyl groups is 1. The maximum atomic E-state index is 11.5. The number of halogens is 1. The lowest BCUT2D eigenvalue weighted by atomic mass is 9.83. The summed E-state index contributed by atoms with van der Waals surface area (Å²) in [6, 6.07) is 11.4. The molecule has 4 aromatic rings. The van der Waals surface area contributed by atoms with Crippen LogP contribution in [-0.4, -0.2) is 36.7 Å². The summed E-state index contributed by atoms with van der Waals surface area (Å²) < 4.78 is 7.55. The molecule has 3 aromatic heterocycles. The van der Waals surface area contributed by atoms with E-state index in [2.05, 4.69) is 21.9 Å². The molecule has 37 heavy (non-hydrogen) atoms. The predicted molar refractivity (Wildman–Crippen MR) is 141 cm³/mol. The second kappa shape index (κ2) is 10.8. The Bertz CT molecular complexity index is 1460. The van der Waals surface area contributed by atoms with E-state index in [9.17, 15) is 10.4 Å².